The molecule has 21 heteroatoms. The first-order valence-corrected chi connectivity index (χ1v) is 20.3. The van der Waals surface area contributed by atoms with Crippen LogP contribution in [0.4, 0.5) is 11.9 Å². The van der Waals surface area contributed by atoms with Gasteiger partial charge in [-0.25, -0.2) is 9.97 Å². The topological polar surface area (TPSA) is 286 Å². The summed E-state index contributed by atoms with van der Waals surface area (Å²) in [6, 6.07) is 8.60. The minimum atomic E-state index is -0.732. The molecule has 4 aromatic heterocycles. The lowest BCUT2D eigenvalue weighted by atomic mass is 10.1. The second-order valence-corrected chi connectivity index (χ2v) is 14.4. The van der Waals surface area contributed by atoms with E-state index in [1.54, 1.807) is 63.6 Å². The third kappa shape index (κ3) is 9.83. The molecule has 0 saturated carbocycles. The van der Waals surface area contributed by atoms with Crippen molar-refractivity contribution in [2.24, 2.45) is 17.2 Å². The van der Waals surface area contributed by atoms with Crippen LogP contribution in [0.15, 0.2) is 48.6 Å². The first-order chi connectivity index (χ1) is 30.2. The number of rotatable bonds is 20. The molecule has 0 spiro atoms. The molecule has 2 aromatic carbocycles. The van der Waals surface area contributed by atoms with E-state index in [9.17, 15) is 24.0 Å². The number of nitrogens with zero attached hydrogens (tertiary/aromatic N) is 8. The number of nitrogens with two attached hydrogens (primary N) is 3. The Morgan fingerprint density at radius 3 is 1.63 bits per heavy atom. The van der Waals surface area contributed by atoms with Crippen LogP contribution >= 0.6 is 0 Å². The highest BCUT2D eigenvalue weighted by molar-refractivity contribution is 6.05. The first kappa shape index (κ1) is 45.0. The second-order valence-electron chi connectivity index (χ2n) is 14.4. The van der Waals surface area contributed by atoms with Crippen molar-refractivity contribution >= 4 is 63.6 Å². The van der Waals surface area contributed by atoms with Crippen LogP contribution in [0, 0.1) is 13.8 Å². The van der Waals surface area contributed by atoms with E-state index in [1.807, 2.05) is 13.8 Å². The van der Waals surface area contributed by atoms with E-state index >= 15 is 0 Å². The molecule has 4 heterocycles. The maximum Gasteiger partial charge on any atom is 0.322 e. The van der Waals surface area contributed by atoms with Gasteiger partial charge in [-0.05, 0) is 70.5 Å². The van der Waals surface area contributed by atoms with Crippen molar-refractivity contribution in [2.45, 2.75) is 79.7 Å². The van der Waals surface area contributed by atoms with Gasteiger partial charge in [0, 0.05) is 43.7 Å². The Hall–Kier alpha value is -7.55. The summed E-state index contributed by atoms with van der Waals surface area (Å²) in [5.74, 6) is -2.07. The van der Waals surface area contributed by atoms with Crippen LogP contribution < -0.4 is 37.3 Å². The highest BCUT2D eigenvalue weighted by Crippen LogP contribution is 2.33. The van der Waals surface area contributed by atoms with E-state index in [1.165, 1.54) is 31.4 Å². The van der Waals surface area contributed by atoms with Gasteiger partial charge in [-0.2, -0.15) is 10.2 Å². The number of imidazole rings is 2. The van der Waals surface area contributed by atoms with Crippen molar-refractivity contribution in [3.05, 3.63) is 82.5 Å². The van der Waals surface area contributed by atoms with Crippen LogP contribution in [0.2, 0.25) is 0 Å². The largest absolute Gasteiger partial charge is 0.494 e. The molecule has 0 unspecified atom stereocenters. The van der Waals surface area contributed by atoms with E-state index in [2.05, 4.69) is 25.8 Å². The number of allylic oxidation sites excluding steroid dienone is 2. The summed E-state index contributed by atoms with van der Waals surface area (Å²) in [6.45, 7) is 10.3. The Morgan fingerprint density at radius 1 is 0.714 bits per heavy atom. The van der Waals surface area contributed by atoms with Crippen LogP contribution in [0.5, 0.6) is 11.5 Å². The van der Waals surface area contributed by atoms with Gasteiger partial charge in [0.05, 0.1) is 42.7 Å². The number of hydrogen-bond acceptors (Lipinski definition) is 13. The smallest absolute Gasteiger partial charge is 0.322 e. The van der Waals surface area contributed by atoms with Gasteiger partial charge in [0.15, 0.2) is 0 Å². The summed E-state index contributed by atoms with van der Waals surface area (Å²) >= 11 is 0. The average Bonchev–Trinajstić information content (AvgIpc) is 4.03. The number of nitrogens with one attached hydrogen (secondary N) is 2. The van der Waals surface area contributed by atoms with E-state index in [-0.39, 0.29) is 55.1 Å². The molecule has 6 rings (SSSR count). The predicted octanol–water partition coefficient (Wildman–Crippen LogP) is 3.45. The zero-order chi connectivity index (χ0) is 45.5. The summed E-state index contributed by atoms with van der Waals surface area (Å²) in [4.78, 5) is 73.7. The van der Waals surface area contributed by atoms with Crippen LogP contribution in [-0.2, 0) is 35.7 Å². The number of esters is 1. The Bertz CT molecular complexity index is 2740. The van der Waals surface area contributed by atoms with Crippen LogP contribution in [0.1, 0.15) is 86.7 Å². The highest BCUT2D eigenvalue weighted by atomic mass is 16.5. The van der Waals surface area contributed by atoms with E-state index in [4.69, 9.17) is 36.4 Å². The Morgan fingerprint density at radius 2 is 1.19 bits per heavy atom. The maximum absolute atomic E-state index is 13.8. The highest BCUT2D eigenvalue weighted by Gasteiger charge is 2.24. The zero-order valence-electron chi connectivity index (χ0n) is 35.9. The van der Waals surface area contributed by atoms with Gasteiger partial charge in [-0.1, -0.05) is 19.1 Å². The first-order valence-electron chi connectivity index (χ1n) is 20.3. The number of aryl methyl sites for hydroxylation is 4. The lowest BCUT2D eigenvalue weighted by molar-refractivity contribution is -0.145. The van der Waals surface area contributed by atoms with Crippen LogP contribution in [0.25, 0.3) is 22.1 Å². The number of hydrogen-bond donors (Lipinski definition) is 5. The third-order valence-corrected chi connectivity index (χ3v) is 10.00. The van der Waals surface area contributed by atoms with Gasteiger partial charge < -0.3 is 40.5 Å². The number of ether oxygens (including phenoxy) is 3. The summed E-state index contributed by atoms with van der Waals surface area (Å²) < 4.78 is 23.7. The molecule has 0 saturated heterocycles. The Kier molecular flexibility index (Phi) is 13.9. The molecule has 0 aliphatic heterocycles. The number of amides is 4. The number of primary amides is 2. The molecular formula is C42H51N13O8. The fourth-order valence-electron chi connectivity index (χ4n) is 6.87. The minimum Gasteiger partial charge on any atom is -0.494 e. The zero-order valence-corrected chi connectivity index (χ0v) is 35.9. The molecular weight excluding hydrogens is 815 g/mol. The van der Waals surface area contributed by atoms with Crippen molar-refractivity contribution in [2.75, 3.05) is 31.0 Å². The normalized spacial score (nSPS) is 11.9. The predicted molar refractivity (Wildman–Crippen MR) is 233 cm³/mol. The number of fused-ring (bicyclic) bond motifs is 2. The SMILES string of the molecule is CC[C@H](N)C(=O)OCCCOc1cc(C(N)=O)cc2nc(NC(=O)c3cc(C)nn3CC)n(C/C=C/Cn3c(NC(=O)c4cc(C)nn4CC)nc4cc(C(N)=O)cc(OC)c43)c12. The molecule has 0 aliphatic rings. The van der Waals surface area contributed by atoms with Gasteiger partial charge in [0.25, 0.3) is 11.8 Å². The Balaban J connectivity index is 1.38. The van der Waals surface area contributed by atoms with E-state index < -0.39 is 35.6 Å². The van der Waals surface area contributed by atoms with Crippen molar-refractivity contribution in [3.8, 4) is 11.5 Å². The van der Waals surface area contributed by atoms with Gasteiger partial charge >= 0.3 is 5.97 Å². The maximum atomic E-state index is 13.8. The van der Waals surface area contributed by atoms with Gasteiger partial charge in [0.2, 0.25) is 23.7 Å². The van der Waals surface area contributed by atoms with Gasteiger partial charge in [-0.3, -0.25) is 44.0 Å². The van der Waals surface area contributed by atoms with Crippen molar-refractivity contribution < 1.29 is 38.2 Å². The number of carbonyl (C=O) groups excluding carboxylic acids is 5. The fourth-order valence-corrected chi connectivity index (χ4v) is 6.87. The number of aromatic nitrogens is 8. The Labute approximate surface area is 361 Å². The van der Waals surface area contributed by atoms with Crippen LogP contribution in [0.3, 0.4) is 0 Å². The molecule has 332 valence electrons. The van der Waals surface area contributed by atoms with Gasteiger partial charge in [0.1, 0.15) is 40.0 Å². The van der Waals surface area contributed by atoms with Gasteiger partial charge in [-0.15, -0.1) is 0 Å². The molecule has 0 radical (unpaired) electrons. The van der Waals surface area contributed by atoms with Crippen molar-refractivity contribution in [1.29, 1.82) is 0 Å². The standard InChI is InChI=1S/C42H51N13O8/c1-7-27(43)40(60)63-16-12-15-62-33-22-26(37(45)57)20-29-35(33)53(42(47-29)49-39(59)31-18-24(5)51-55(31)9-3)14-11-10-13-52-34-28(19-25(36(44)56)21-32(34)61-6)46-41(52)48-38(58)30-17-23(4)50-54(30)8-2/h10-11,17-22,27H,7-9,12-16,43H2,1-6H3,(H2,44,56)(H2,45,57)(H,46,48,58)(H,47,49,59)/b11-10+/t27-/m0/s1. The number of carbonyl (C=O) groups is 5. The molecule has 6 aromatic rings. The summed E-state index contributed by atoms with van der Waals surface area (Å²) in [5.41, 5.74) is 20.9. The minimum absolute atomic E-state index is 0.0426. The average molecular weight is 866 g/mol. The third-order valence-electron chi connectivity index (χ3n) is 10.00. The summed E-state index contributed by atoms with van der Waals surface area (Å²) in [7, 11) is 1.44. The summed E-state index contributed by atoms with van der Waals surface area (Å²) in [5, 5.41) is 14.6. The molecule has 0 fully saturated rings. The molecule has 0 bridgehead atoms. The molecule has 21 nitrogen and oxygen atoms in total. The number of methoxy groups -OCH3 is 1. The number of anilines is 2. The van der Waals surface area contributed by atoms with E-state index in [0.717, 1.165) is 0 Å². The van der Waals surface area contributed by atoms with Crippen molar-refractivity contribution in [3.63, 3.8) is 0 Å². The molecule has 4 amide bonds. The quantitative estimate of drug-likeness (QED) is 0.0418. The molecule has 63 heavy (non-hydrogen) atoms. The fraction of sp³-hybridized carbons (Fsp3) is 0.357. The monoisotopic (exact) mass is 865 g/mol. The molecule has 1 atom stereocenters. The number of benzene rings is 2. The van der Waals surface area contributed by atoms with E-state index in [0.29, 0.717) is 76.5 Å². The lowest BCUT2D eigenvalue weighted by Gasteiger charge is -2.14. The van der Waals surface area contributed by atoms with Crippen molar-refractivity contribution in [1.82, 2.24) is 38.7 Å². The molecule has 0 aliphatic carbocycles. The summed E-state index contributed by atoms with van der Waals surface area (Å²) in [6.07, 6.45) is 4.33. The second kappa shape index (κ2) is 19.4. The molecule has 8 N–H and O–H groups in total. The van der Waals surface area contributed by atoms with Crippen LogP contribution in [-0.4, -0.2) is 94.6 Å². The lowest BCUT2D eigenvalue weighted by Crippen LogP contribution is -2.31.